The molecular weight excluding hydrogens is 399 g/mol. The molecular formula is C24H21FN2O2S. The number of rotatable bonds is 8. The van der Waals surface area contributed by atoms with Gasteiger partial charge in [0.15, 0.2) is 0 Å². The van der Waals surface area contributed by atoms with Crippen LogP contribution in [0.25, 0.3) is 22.0 Å². The third kappa shape index (κ3) is 4.71. The predicted molar refractivity (Wildman–Crippen MR) is 119 cm³/mol. The standard InChI is InChI=1S/C24H21FN2O2S/c1-2-28-19-11-13-20(14-12-19)29-15-16-30-24-22-6-4-3-5-21(22)23(26-27-24)17-7-9-18(25)10-8-17/h3-14H,2,15-16H2,1H3. The minimum Gasteiger partial charge on any atom is -0.494 e. The van der Waals surface area contributed by atoms with Crippen molar-refractivity contribution < 1.29 is 13.9 Å². The van der Waals surface area contributed by atoms with Crippen molar-refractivity contribution in [3.8, 4) is 22.8 Å². The number of hydrogen-bond acceptors (Lipinski definition) is 5. The van der Waals surface area contributed by atoms with Gasteiger partial charge in [0.1, 0.15) is 28.0 Å². The molecule has 30 heavy (non-hydrogen) atoms. The van der Waals surface area contributed by atoms with E-state index in [2.05, 4.69) is 10.2 Å². The summed E-state index contributed by atoms with van der Waals surface area (Å²) < 4.78 is 24.5. The van der Waals surface area contributed by atoms with Gasteiger partial charge in [0.25, 0.3) is 0 Å². The molecule has 1 aromatic heterocycles. The van der Waals surface area contributed by atoms with Gasteiger partial charge in [0.05, 0.1) is 13.2 Å². The van der Waals surface area contributed by atoms with E-state index in [0.717, 1.165) is 44.3 Å². The monoisotopic (exact) mass is 420 g/mol. The number of benzene rings is 3. The lowest BCUT2D eigenvalue weighted by molar-refractivity contribution is 0.332. The normalized spacial score (nSPS) is 10.9. The SMILES string of the molecule is CCOc1ccc(OCCSc2nnc(-c3ccc(F)cc3)c3ccccc23)cc1. The summed E-state index contributed by atoms with van der Waals surface area (Å²) in [6.07, 6.45) is 0. The Hall–Kier alpha value is -3.12. The lowest BCUT2D eigenvalue weighted by Gasteiger charge is -2.10. The highest BCUT2D eigenvalue weighted by Crippen LogP contribution is 2.31. The number of fused-ring (bicyclic) bond motifs is 1. The smallest absolute Gasteiger partial charge is 0.127 e. The Kier molecular flexibility index (Phi) is 6.44. The van der Waals surface area contributed by atoms with Crippen LogP contribution in [0.2, 0.25) is 0 Å². The summed E-state index contributed by atoms with van der Waals surface area (Å²) >= 11 is 1.60. The molecule has 0 aliphatic carbocycles. The highest BCUT2D eigenvalue weighted by molar-refractivity contribution is 7.99. The summed E-state index contributed by atoms with van der Waals surface area (Å²) in [7, 11) is 0. The topological polar surface area (TPSA) is 44.2 Å². The van der Waals surface area contributed by atoms with Crippen molar-refractivity contribution in [2.75, 3.05) is 19.0 Å². The molecule has 0 radical (unpaired) electrons. The second-order valence-electron chi connectivity index (χ2n) is 6.51. The van der Waals surface area contributed by atoms with E-state index in [1.165, 1.54) is 12.1 Å². The second kappa shape index (κ2) is 9.59. The van der Waals surface area contributed by atoms with Crippen LogP contribution in [0.15, 0.2) is 77.8 Å². The van der Waals surface area contributed by atoms with Gasteiger partial charge in [-0.2, -0.15) is 0 Å². The van der Waals surface area contributed by atoms with Crippen LogP contribution < -0.4 is 9.47 Å². The van der Waals surface area contributed by atoms with E-state index in [9.17, 15) is 4.39 Å². The molecule has 0 fully saturated rings. The molecule has 0 amide bonds. The number of aromatic nitrogens is 2. The fraction of sp³-hybridized carbons (Fsp3) is 0.167. The van der Waals surface area contributed by atoms with Crippen molar-refractivity contribution in [1.29, 1.82) is 0 Å². The van der Waals surface area contributed by atoms with E-state index in [1.807, 2.05) is 55.5 Å². The molecule has 1 heterocycles. The van der Waals surface area contributed by atoms with E-state index < -0.39 is 0 Å². The summed E-state index contributed by atoms with van der Waals surface area (Å²) in [5.74, 6) is 2.11. The zero-order chi connectivity index (χ0) is 20.8. The van der Waals surface area contributed by atoms with E-state index >= 15 is 0 Å². The summed E-state index contributed by atoms with van der Waals surface area (Å²) in [4.78, 5) is 0. The Bertz CT molecular complexity index is 1120. The van der Waals surface area contributed by atoms with Gasteiger partial charge in [0, 0.05) is 22.1 Å². The molecule has 0 aliphatic rings. The van der Waals surface area contributed by atoms with Crippen molar-refractivity contribution in [3.63, 3.8) is 0 Å². The first-order chi connectivity index (χ1) is 14.7. The zero-order valence-electron chi connectivity index (χ0n) is 16.5. The molecule has 3 aromatic carbocycles. The van der Waals surface area contributed by atoms with Crippen LogP contribution in [0.3, 0.4) is 0 Å². The third-order valence-electron chi connectivity index (χ3n) is 4.50. The Balaban J connectivity index is 1.44. The molecule has 0 saturated carbocycles. The van der Waals surface area contributed by atoms with Gasteiger partial charge in [0.2, 0.25) is 0 Å². The molecule has 4 nitrogen and oxygen atoms in total. The average Bonchev–Trinajstić information content (AvgIpc) is 2.79. The Morgan fingerprint density at radius 1 is 0.800 bits per heavy atom. The first-order valence-corrected chi connectivity index (χ1v) is 10.7. The van der Waals surface area contributed by atoms with E-state index in [4.69, 9.17) is 9.47 Å². The summed E-state index contributed by atoms with van der Waals surface area (Å²) in [6, 6.07) is 21.9. The van der Waals surface area contributed by atoms with Gasteiger partial charge in [-0.15, -0.1) is 22.0 Å². The maximum Gasteiger partial charge on any atom is 0.127 e. The largest absolute Gasteiger partial charge is 0.494 e. The molecule has 0 saturated heterocycles. The van der Waals surface area contributed by atoms with E-state index in [1.54, 1.807) is 23.9 Å². The quantitative estimate of drug-likeness (QED) is 0.258. The summed E-state index contributed by atoms with van der Waals surface area (Å²) in [5, 5.41) is 11.7. The zero-order valence-corrected chi connectivity index (χ0v) is 17.4. The van der Waals surface area contributed by atoms with Crippen molar-refractivity contribution in [2.45, 2.75) is 11.9 Å². The first-order valence-electron chi connectivity index (χ1n) is 9.74. The molecule has 6 heteroatoms. The van der Waals surface area contributed by atoms with Gasteiger partial charge < -0.3 is 9.47 Å². The van der Waals surface area contributed by atoms with Crippen LogP contribution in [0.5, 0.6) is 11.5 Å². The Morgan fingerprint density at radius 3 is 2.17 bits per heavy atom. The third-order valence-corrected chi connectivity index (χ3v) is 5.44. The molecule has 0 spiro atoms. The second-order valence-corrected chi connectivity index (χ2v) is 7.59. The summed E-state index contributed by atoms with van der Waals surface area (Å²) in [6.45, 7) is 3.15. The van der Waals surface area contributed by atoms with Gasteiger partial charge >= 0.3 is 0 Å². The number of nitrogens with zero attached hydrogens (tertiary/aromatic N) is 2. The number of halogens is 1. The molecule has 4 aromatic rings. The average molecular weight is 421 g/mol. The van der Waals surface area contributed by atoms with Gasteiger partial charge in [-0.05, 0) is 55.5 Å². The lowest BCUT2D eigenvalue weighted by atomic mass is 10.1. The molecule has 0 atom stereocenters. The molecule has 0 unspecified atom stereocenters. The Morgan fingerprint density at radius 2 is 1.47 bits per heavy atom. The maximum absolute atomic E-state index is 13.3. The maximum atomic E-state index is 13.3. The highest BCUT2D eigenvalue weighted by atomic mass is 32.2. The fourth-order valence-electron chi connectivity index (χ4n) is 3.10. The number of ether oxygens (including phenoxy) is 2. The predicted octanol–water partition coefficient (Wildman–Crippen LogP) is 6.01. The molecule has 0 N–H and O–H groups in total. The van der Waals surface area contributed by atoms with Crippen molar-refractivity contribution in [1.82, 2.24) is 10.2 Å². The van der Waals surface area contributed by atoms with Crippen molar-refractivity contribution in [2.24, 2.45) is 0 Å². The molecule has 0 aliphatic heterocycles. The van der Waals surface area contributed by atoms with E-state index in [0.29, 0.717) is 13.2 Å². The molecule has 4 rings (SSSR count). The lowest BCUT2D eigenvalue weighted by Crippen LogP contribution is -2.01. The number of hydrogen-bond donors (Lipinski definition) is 0. The van der Waals surface area contributed by atoms with Gasteiger partial charge in [-0.1, -0.05) is 24.3 Å². The van der Waals surface area contributed by atoms with Crippen LogP contribution in [-0.2, 0) is 0 Å². The highest BCUT2D eigenvalue weighted by Gasteiger charge is 2.11. The minimum atomic E-state index is -0.268. The Labute approximate surface area is 179 Å². The number of thioether (sulfide) groups is 1. The minimum absolute atomic E-state index is 0.268. The molecule has 0 bridgehead atoms. The van der Waals surface area contributed by atoms with Gasteiger partial charge in [-0.25, -0.2) is 4.39 Å². The van der Waals surface area contributed by atoms with Crippen LogP contribution in [0.4, 0.5) is 4.39 Å². The van der Waals surface area contributed by atoms with Crippen molar-refractivity contribution >= 4 is 22.5 Å². The first kappa shape index (κ1) is 20.2. The van der Waals surface area contributed by atoms with E-state index in [-0.39, 0.29) is 5.82 Å². The fourth-order valence-corrected chi connectivity index (χ4v) is 3.90. The summed E-state index contributed by atoms with van der Waals surface area (Å²) in [5.41, 5.74) is 1.59. The molecule has 152 valence electrons. The van der Waals surface area contributed by atoms with Crippen LogP contribution in [0.1, 0.15) is 6.92 Å². The van der Waals surface area contributed by atoms with Crippen LogP contribution >= 0.6 is 11.8 Å². The van der Waals surface area contributed by atoms with Crippen molar-refractivity contribution in [3.05, 3.63) is 78.6 Å². The van der Waals surface area contributed by atoms with Gasteiger partial charge in [-0.3, -0.25) is 0 Å². The van der Waals surface area contributed by atoms with Crippen LogP contribution in [-0.4, -0.2) is 29.2 Å². The van der Waals surface area contributed by atoms with Crippen LogP contribution in [0, 0.1) is 5.82 Å².